The molecule has 0 aliphatic heterocycles. The maximum atomic E-state index is 14.0. The van der Waals surface area contributed by atoms with Crippen LogP contribution in [-0.2, 0) is 19.4 Å². The monoisotopic (exact) mass is 594 g/mol. The number of carbonyl (C=O) groups excluding carboxylic acids is 2. The molecule has 3 aromatic rings. The molecule has 0 aliphatic rings. The largest absolute Gasteiger partial charge is 0.390 e. The number of nitrogens with zero attached hydrogens (tertiary/aromatic N) is 2. The summed E-state index contributed by atoms with van der Waals surface area (Å²) in [5.41, 5.74) is 3.96. The molecule has 7 nitrogen and oxygen atoms in total. The molecule has 0 saturated carbocycles. The first-order valence-corrected chi connectivity index (χ1v) is 14.8. The molecule has 9 heteroatoms. The van der Waals surface area contributed by atoms with Crippen molar-refractivity contribution in [3.63, 3.8) is 0 Å². The highest BCUT2D eigenvalue weighted by molar-refractivity contribution is 6.00. The van der Waals surface area contributed by atoms with Crippen LogP contribution in [0.15, 0.2) is 60.7 Å². The second kappa shape index (κ2) is 16.3. The summed E-state index contributed by atoms with van der Waals surface area (Å²) in [7, 11) is 3.88. The summed E-state index contributed by atoms with van der Waals surface area (Å²) >= 11 is 0. The summed E-state index contributed by atoms with van der Waals surface area (Å²) in [4.78, 5) is 30.5. The lowest BCUT2D eigenvalue weighted by Gasteiger charge is -2.26. The number of aryl methyl sites for hydroxylation is 2. The van der Waals surface area contributed by atoms with Gasteiger partial charge in [0.05, 0.1) is 12.1 Å². The standard InChI is InChI=1S/C34H44F2N4O3/c1-6-24-9-8-10-25(15-24)21-37-22-32(41)31(18-26-16-29(35)20-30(36)17-26)38-33(42)27-13-23(3)14-28(19-27)34(43)40(7-2)12-11-39(4)5/h8-10,13-17,19-20,31-32,37,41H,6-7,11-12,18,21-22H2,1-5H3,(H,38,42)/t31-,32+/m0/s1. The average molecular weight is 595 g/mol. The first-order valence-electron chi connectivity index (χ1n) is 14.8. The van der Waals surface area contributed by atoms with Gasteiger partial charge in [-0.25, -0.2) is 8.78 Å². The highest BCUT2D eigenvalue weighted by atomic mass is 19.1. The van der Waals surface area contributed by atoms with Crippen LogP contribution in [0.3, 0.4) is 0 Å². The van der Waals surface area contributed by atoms with E-state index in [-0.39, 0.29) is 24.4 Å². The molecule has 0 heterocycles. The Bertz CT molecular complexity index is 1360. The van der Waals surface area contributed by atoms with E-state index in [9.17, 15) is 23.5 Å². The topological polar surface area (TPSA) is 84.9 Å². The van der Waals surface area contributed by atoms with Gasteiger partial charge >= 0.3 is 0 Å². The van der Waals surface area contributed by atoms with Crippen molar-refractivity contribution in [2.24, 2.45) is 0 Å². The fourth-order valence-electron chi connectivity index (χ4n) is 4.93. The van der Waals surface area contributed by atoms with E-state index in [1.54, 1.807) is 23.1 Å². The molecule has 0 unspecified atom stereocenters. The molecule has 0 aliphatic carbocycles. The van der Waals surface area contributed by atoms with Gasteiger partial charge in [0.1, 0.15) is 11.6 Å². The van der Waals surface area contributed by atoms with Crippen LogP contribution >= 0.6 is 0 Å². The minimum Gasteiger partial charge on any atom is -0.390 e. The van der Waals surface area contributed by atoms with Crippen molar-refractivity contribution < 1.29 is 23.5 Å². The van der Waals surface area contributed by atoms with Crippen molar-refractivity contribution in [3.05, 3.63) is 106 Å². The molecule has 3 N–H and O–H groups in total. The number of hydrogen-bond acceptors (Lipinski definition) is 5. The third kappa shape index (κ3) is 10.5. The Morgan fingerprint density at radius 3 is 2.21 bits per heavy atom. The van der Waals surface area contributed by atoms with Crippen LogP contribution < -0.4 is 10.6 Å². The fourth-order valence-corrected chi connectivity index (χ4v) is 4.93. The molecular weight excluding hydrogens is 550 g/mol. The molecule has 3 rings (SSSR count). The highest BCUT2D eigenvalue weighted by Gasteiger charge is 2.24. The summed E-state index contributed by atoms with van der Waals surface area (Å²) in [6.07, 6.45) is -0.161. The SMILES string of the molecule is CCc1cccc(CNC[C@@H](O)[C@H](Cc2cc(F)cc(F)c2)NC(=O)c2cc(C)cc(C(=O)N(CC)CCN(C)C)c2)c1. The number of carbonyl (C=O) groups is 2. The van der Waals surface area contributed by atoms with Crippen molar-refractivity contribution >= 4 is 11.8 Å². The van der Waals surface area contributed by atoms with Crippen molar-refractivity contribution in [3.8, 4) is 0 Å². The summed E-state index contributed by atoms with van der Waals surface area (Å²) < 4.78 is 28.0. The lowest BCUT2D eigenvalue weighted by Crippen LogP contribution is -2.48. The molecule has 0 spiro atoms. The number of halogens is 2. The van der Waals surface area contributed by atoms with Crippen molar-refractivity contribution in [2.75, 3.05) is 40.3 Å². The molecule has 0 radical (unpaired) electrons. The number of aliphatic hydroxyl groups is 1. The molecular formula is C34H44F2N4O3. The van der Waals surface area contributed by atoms with E-state index in [1.165, 1.54) is 17.7 Å². The Morgan fingerprint density at radius 2 is 1.56 bits per heavy atom. The van der Waals surface area contributed by atoms with Crippen LogP contribution in [-0.4, -0.2) is 79.1 Å². The van der Waals surface area contributed by atoms with Gasteiger partial charge in [-0.3, -0.25) is 9.59 Å². The maximum absolute atomic E-state index is 14.0. The molecule has 3 aromatic carbocycles. The van der Waals surface area contributed by atoms with Crippen LogP contribution in [0.5, 0.6) is 0 Å². The Morgan fingerprint density at radius 1 is 0.884 bits per heavy atom. The maximum Gasteiger partial charge on any atom is 0.253 e. The number of rotatable bonds is 15. The molecule has 0 saturated heterocycles. The van der Waals surface area contributed by atoms with E-state index in [1.807, 2.05) is 45.0 Å². The molecule has 0 fully saturated rings. The number of hydrogen-bond donors (Lipinski definition) is 3. The van der Waals surface area contributed by atoms with Crippen LogP contribution in [0, 0.1) is 18.6 Å². The molecule has 2 atom stereocenters. The van der Waals surface area contributed by atoms with Gasteiger partial charge in [0.25, 0.3) is 11.8 Å². The van der Waals surface area contributed by atoms with E-state index in [0.29, 0.717) is 37.3 Å². The van der Waals surface area contributed by atoms with Crippen LogP contribution in [0.1, 0.15) is 56.8 Å². The zero-order valence-corrected chi connectivity index (χ0v) is 25.8. The van der Waals surface area contributed by atoms with Gasteiger partial charge in [-0.1, -0.05) is 31.2 Å². The Labute approximate surface area is 253 Å². The van der Waals surface area contributed by atoms with Gasteiger partial charge in [-0.05, 0) is 93.4 Å². The average Bonchev–Trinajstić information content (AvgIpc) is 2.96. The first kappa shape index (κ1) is 33.8. The number of benzene rings is 3. The Kier molecular flexibility index (Phi) is 12.8. The second-order valence-electron chi connectivity index (χ2n) is 11.2. The smallest absolute Gasteiger partial charge is 0.253 e. The van der Waals surface area contributed by atoms with Crippen LogP contribution in [0.25, 0.3) is 0 Å². The number of amides is 2. The lowest BCUT2D eigenvalue weighted by atomic mass is 9.99. The van der Waals surface area contributed by atoms with Gasteiger partial charge in [0.15, 0.2) is 0 Å². The van der Waals surface area contributed by atoms with Crippen molar-refractivity contribution in [1.82, 2.24) is 20.4 Å². The summed E-state index contributed by atoms with van der Waals surface area (Å²) in [6.45, 7) is 8.21. The Hall–Kier alpha value is -3.66. The molecule has 0 aromatic heterocycles. The minimum atomic E-state index is -1.07. The van der Waals surface area contributed by atoms with Crippen LogP contribution in [0.4, 0.5) is 8.78 Å². The second-order valence-corrected chi connectivity index (χ2v) is 11.2. The summed E-state index contributed by atoms with van der Waals surface area (Å²) in [5.74, 6) is -2.14. The zero-order chi connectivity index (χ0) is 31.5. The van der Waals surface area contributed by atoms with E-state index < -0.39 is 29.7 Å². The van der Waals surface area contributed by atoms with Crippen LogP contribution in [0.2, 0.25) is 0 Å². The van der Waals surface area contributed by atoms with Crippen molar-refractivity contribution in [1.29, 1.82) is 0 Å². The van der Waals surface area contributed by atoms with Gasteiger partial charge in [-0.2, -0.15) is 0 Å². The normalized spacial score (nSPS) is 12.7. The molecule has 2 amide bonds. The zero-order valence-electron chi connectivity index (χ0n) is 25.8. The summed E-state index contributed by atoms with van der Waals surface area (Å²) in [6, 6.07) is 15.4. The Balaban J connectivity index is 1.79. The third-order valence-electron chi connectivity index (χ3n) is 7.31. The predicted molar refractivity (Wildman–Crippen MR) is 166 cm³/mol. The highest BCUT2D eigenvalue weighted by Crippen LogP contribution is 2.16. The third-order valence-corrected chi connectivity index (χ3v) is 7.31. The number of nitrogens with one attached hydrogen (secondary N) is 2. The van der Waals surface area contributed by atoms with Gasteiger partial charge in [0, 0.05) is 49.9 Å². The van der Waals surface area contributed by atoms with Gasteiger partial charge in [-0.15, -0.1) is 0 Å². The van der Waals surface area contributed by atoms with Gasteiger partial charge in [0.2, 0.25) is 0 Å². The number of likely N-dealkylation sites (N-methyl/N-ethyl adjacent to an activating group) is 2. The van der Waals surface area contributed by atoms with E-state index >= 15 is 0 Å². The predicted octanol–water partition coefficient (Wildman–Crippen LogP) is 4.35. The molecule has 43 heavy (non-hydrogen) atoms. The minimum absolute atomic E-state index is 0.000335. The van der Waals surface area contributed by atoms with Gasteiger partial charge < -0.3 is 25.5 Å². The lowest BCUT2D eigenvalue weighted by molar-refractivity contribution is 0.0754. The fraction of sp³-hybridized carbons (Fsp3) is 0.412. The van der Waals surface area contributed by atoms with Crippen molar-refractivity contribution in [2.45, 2.75) is 52.3 Å². The van der Waals surface area contributed by atoms with E-state index in [2.05, 4.69) is 29.7 Å². The first-order chi connectivity index (χ1) is 20.5. The quantitative estimate of drug-likeness (QED) is 0.244. The molecule has 232 valence electrons. The van der Waals surface area contributed by atoms with E-state index in [0.717, 1.165) is 23.6 Å². The van der Waals surface area contributed by atoms with E-state index in [4.69, 9.17) is 0 Å². The summed E-state index contributed by atoms with van der Waals surface area (Å²) in [5, 5.41) is 17.2. The molecule has 0 bridgehead atoms. The number of aliphatic hydroxyl groups excluding tert-OH is 1.